The number of aryl methyl sites for hydroxylation is 1. The summed E-state index contributed by atoms with van der Waals surface area (Å²) in [6, 6.07) is 2.86. The van der Waals surface area contributed by atoms with E-state index in [4.69, 9.17) is 10.3 Å². The van der Waals surface area contributed by atoms with E-state index in [-0.39, 0.29) is 5.82 Å². The van der Waals surface area contributed by atoms with E-state index in [0.29, 0.717) is 17.4 Å². The van der Waals surface area contributed by atoms with Crippen LogP contribution in [-0.4, -0.2) is 21.7 Å². The van der Waals surface area contributed by atoms with Gasteiger partial charge in [-0.1, -0.05) is 18.0 Å². The van der Waals surface area contributed by atoms with Crippen molar-refractivity contribution in [1.29, 1.82) is 0 Å². The van der Waals surface area contributed by atoms with Crippen molar-refractivity contribution in [2.75, 3.05) is 6.54 Å². The van der Waals surface area contributed by atoms with Gasteiger partial charge in [0.15, 0.2) is 0 Å². The molecule has 0 spiro atoms. The fourth-order valence-corrected chi connectivity index (χ4v) is 1.74. The topological polar surface area (TPSA) is 77.8 Å². The van der Waals surface area contributed by atoms with Crippen LogP contribution in [0.3, 0.4) is 0 Å². The average Bonchev–Trinajstić information content (AvgIpc) is 2.88. The van der Waals surface area contributed by atoms with E-state index in [1.807, 2.05) is 0 Å². The molecule has 0 amide bonds. The Morgan fingerprint density at radius 1 is 1.16 bits per heavy atom. The van der Waals surface area contributed by atoms with Crippen molar-refractivity contribution in [3.8, 4) is 11.5 Å². The number of unbranched alkanes of at least 4 members (excludes halogenated alkanes) is 3. The summed E-state index contributed by atoms with van der Waals surface area (Å²) in [5, 5.41) is 3.84. The molecule has 6 heteroatoms. The highest BCUT2D eigenvalue weighted by atomic mass is 19.1. The minimum Gasteiger partial charge on any atom is -0.339 e. The number of halogens is 1. The highest BCUT2D eigenvalue weighted by Gasteiger charge is 2.09. The Kier molecular flexibility index (Phi) is 4.97. The molecule has 0 aliphatic rings. The number of nitrogens with two attached hydrogens (primary N) is 1. The lowest BCUT2D eigenvalue weighted by atomic mass is 10.1. The minimum absolute atomic E-state index is 0.382. The van der Waals surface area contributed by atoms with Crippen LogP contribution in [0.1, 0.15) is 31.6 Å². The highest BCUT2D eigenvalue weighted by molar-refractivity contribution is 5.47. The Morgan fingerprint density at radius 2 is 2.00 bits per heavy atom. The van der Waals surface area contributed by atoms with E-state index in [9.17, 15) is 4.39 Å². The third-order valence-corrected chi connectivity index (χ3v) is 2.77. The van der Waals surface area contributed by atoms with E-state index >= 15 is 0 Å². The lowest BCUT2D eigenvalue weighted by molar-refractivity contribution is 0.374. The van der Waals surface area contributed by atoms with Crippen LogP contribution in [0.25, 0.3) is 11.5 Å². The first kappa shape index (κ1) is 13.6. The van der Waals surface area contributed by atoms with Gasteiger partial charge in [0.1, 0.15) is 11.5 Å². The molecule has 5 nitrogen and oxygen atoms in total. The molecule has 0 radical (unpaired) electrons. The molecule has 0 aliphatic carbocycles. The molecule has 0 aromatic carbocycles. The molecule has 2 heterocycles. The third kappa shape index (κ3) is 4.10. The number of rotatable bonds is 7. The molecule has 0 bridgehead atoms. The molecule has 2 aromatic heterocycles. The summed E-state index contributed by atoms with van der Waals surface area (Å²) >= 11 is 0. The predicted octanol–water partition coefficient (Wildman–Crippen LogP) is 2.33. The van der Waals surface area contributed by atoms with E-state index in [0.717, 1.165) is 44.8 Å². The zero-order valence-electron chi connectivity index (χ0n) is 10.7. The lowest BCUT2D eigenvalue weighted by Crippen LogP contribution is -1.97. The van der Waals surface area contributed by atoms with E-state index in [1.165, 1.54) is 12.1 Å². The average molecular weight is 264 g/mol. The molecular formula is C13H17FN4O. The van der Waals surface area contributed by atoms with Gasteiger partial charge in [0.2, 0.25) is 11.7 Å². The van der Waals surface area contributed by atoms with E-state index in [1.54, 1.807) is 0 Å². The molecule has 0 aliphatic heterocycles. The van der Waals surface area contributed by atoms with Crippen molar-refractivity contribution in [3.63, 3.8) is 0 Å². The Hall–Kier alpha value is -1.82. The monoisotopic (exact) mass is 264 g/mol. The van der Waals surface area contributed by atoms with Crippen molar-refractivity contribution < 1.29 is 8.91 Å². The van der Waals surface area contributed by atoms with Gasteiger partial charge in [0, 0.05) is 6.42 Å². The first-order valence-corrected chi connectivity index (χ1v) is 6.44. The smallest absolute Gasteiger partial charge is 0.227 e. The number of nitrogens with zero attached hydrogens (tertiary/aromatic N) is 3. The molecule has 2 N–H and O–H groups in total. The zero-order valence-corrected chi connectivity index (χ0v) is 10.7. The van der Waals surface area contributed by atoms with Crippen LogP contribution in [0.5, 0.6) is 0 Å². The van der Waals surface area contributed by atoms with Gasteiger partial charge < -0.3 is 10.3 Å². The SMILES string of the molecule is NCCCCCCc1nc(-c2ccc(F)cn2)no1. The molecule has 0 saturated carbocycles. The number of aromatic nitrogens is 3. The van der Waals surface area contributed by atoms with Gasteiger partial charge in [-0.2, -0.15) is 4.98 Å². The summed E-state index contributed by atoms with van der Waals surface area (Å²) in [5.74, 6) is 0.609. The van der Waals surface area contributed by atoms with Crippen molar-refractivity contribution in [2.45, 2.75) is 32.1 Å². The maximum Gasteiger partial charge on any atom is 0.227 e. The summed E-state index contributed by atoms with van der Waals surface area (Å²) < 4.78 is 17.9. The second kappa shape index (κ2) is 6.94. The molecular weight excluding hydrogens is 247 g/mol. The molecule has 102 valence electrons. The van der Waals surface area contributed by atoms with Crippen LogP contribution in [0.2, 0.25) is 0 Å². The van der Waals surface area contributed by atoms with Crippen LogP contribution in [-0.2, 0) is 6.42 Å². The first-order valence-electron chi connectivity index (χ1n) is 6.44. The molecule has 2 aromatic rings. The van der Waals surface area contributed by atoms with E-state index in [2.05, 4.69) is 15.1 Å². The quantitative estimate of drug-likeness (QED) is 0.776. The van der Waals surface area contributed by atoms with Gasteiger partial charge in [-0.3, -0.25) is 0 Å². The van der Waals surface area contributed by atoms with Gasteiger partial charge >= 0.3 is 0 Å². The van der Waals surface area contributed by atoms with Crippen molar-refractivity contribution in [1.82, 2.24) is 15.1 Å². The number of pyridine rings is 1. The molecule has 0 saturated heterocycles. The summed E-state index contributed by atoms with van der Waals surface area (Å²) in [6.45, 7) is 0.737. The second-order valence-corrected chi connectivity index (χ2v) is 4.33. The Bertz CT molecular complexity index is 498. The zero-order chi connectivity index (χ0) is 13.5. The van der Waals surface area contributed by atoms with Crippen LogP contribution in [0, 0.1) is 5.82 Å². The van der Waals surface area contributed by atoms with Crippen molar-refractivity contribution in [2.24, 2.45) is 5.73 Å². The van der Waals surface area contributed by atoms with E-state index < -0.39 is 0 Å². The Labute approximate surface area is 111 Å². The van der Waals surface area contributed by atoms with Crippen LogP contribution < -0.4 is 5.73 Å². The maximum absolute atomic E-state index is 12.7. The normalized spacial score (nSPS) is 10.8. The summed E-state index contributed by atoms with van der Waals surface area (Å²) in [5.41, 5.74) is 5.94. The van der Waals surface area contributed by atoms with Crippen LogP contribution in [0.4, 0.5) is 4.39 Å². The predicted molar refractivity (Wildman–Crippen MR) is 68.7 cm³/mol. The van der Waals surface area contributed by atoms with Gasteiger partial charge in [0.05, 0.1) is 6.20 Å². The largest absolute Gasteiger partial charge is 0.339 e. The van der Waals surface area contributed by atoms with Crippen molar-refractivity contribution in [3.05, 3.63) is 30.0 Å². The molecule has 19 heavy (non-hydrogen) atoms. The summed E-state index contributed by atoms with van der Waals surface area (Å²) in [6.07, 6.45) is 6.16. The molecule has 0 unspecified atom stereocenters. The minimum atomic E-state index is -0.382. The summed E-state index contributed by atoms with van der Waals surface area (Å²) in [7, 11) is 0. The fourth-order valence-electron chi connectivity index (χ4n) is 1.74. The first-order chi connectivity index (χ1) is 9.29. The third-order valence-electron chi connectivity index (χ3n) is 2.77. The standard InChI is InChI=1S/C13H17FN4O/c14-10-6-7-11(16-9-10)13-17-12(19-18-13)5-3-1-2-4-8-15/h6-7,9H,1-5,8,15H2. The molecule has 0 fully saturated rings. The number of hydrogen-bond acceptors (Lipinski definition) is 5. The fraction of sp³-hybridized carbons (Fsp3) is 0.462. The Morgan fingerprint density at radius 3 is 2.74 bits per heavy atom. The van der Waals surface area contributed by atoms with Gasteiger partial charge in [-0.05, 0) is 31.5 Å². The lowest BCUT2D eigenvalue weighted by Gasteiger charge is -1.96. The van der Waals surface area contributed by atoms with Gasteiger partial charge in [0.25, 0.3) is 0 Å². The highest BCUT2D eigenvalue weighted by Crippen LogP contribution is 2.14. The molecule has 2 rings (SSSR count). The summed E-state index contributed by atoms with van der Waals surface area (Å²) in [4.78, 5) is 8.15. The number of hydrogen-bond donors (Lipinski definition) is 1. The van der Waals surface area contributed by atoms with Crippen molar-refractivity contribution >= 4 is 0 Å². The molecule has 0 atom stereocenters. The maximum atomic E-state index is 12.7. The van der Waals surface area contributed by atoms with Crippen LogP contribution in [0.15, 0.2) is 22.9 Å². The van der Waals surface area contributed by atoms with Gasteiger partial charge in [-0.15, -0.1) is 0 Å². The Balaban J connectivity index is 1.86. The van der Waals surface area contributed by atoms with Gasteiger partial charge in [-0.25, -0.2) is 9.37 Å². The second-order valence-electron chi connectivity index (χ2n) is 4.33. The van der Waals surface area contributed by atoms with Crippen LogP contribution >= 0.6 is 0 Å².